The Morgan fingerprint density at radius 3 is 2.79 bits per heavy atom. The molecule has 0 amide bonds. The molecule has 0 saturated carbocycles. The summed E-state index contributed by atoms with van der Waals surface area (Å²) in [4.78, 5) is 0. The highest BCUT2D eigenvalue weighted by Crippen LogP contribution is 2.24. The Balaban J connectivity index is 2.08. The van der Waals surface area contributed by atoms with E-state index in [0.29, 0.717) is 0 Å². The molecule has 0 aliphatic heterocycles. The third-order valence-corrected chi connectivity index (χ3v) is 4.41. The maximum absolute atomic E-state index is 5.87. The van der Waals surface area contributed by atoms with Crippen LogP contribution in [0, 0.1) is 6.92 Å². The molecule has 19 heavy (non-hydrogen) atoms. The maximum Gasteiger partial charge on any atom is 0.0739 e. The maximum atomic E-state index is 5.87. The lowest BCUT2D eigenvalue weighted by Crippen LogP contribution is -2.05. The van der Waals surface area contributed by atoms with Crippen molar-refractivity contribution in [3.05, 3.63) is 46.3 Å². The molecule has 2 heterocycles. The number of hydrogen-bond acceptors (Lipinski definition) is 2. The van der Waals surface area contributed by atoms with Crippen molar-refractivity contribution in [2.45, 2.75) is 13.5 Å². The molecule has 3 rings (SSSR count). The number of fused-ring (bicyclic) bond motifs is 1. The minimum Gasteiger partial charge on any atom is -0.399 e. The predicted molar refractivity (Wildman–Crippen MR) is 81.1 cm³/mol. The van der Waals surface area contributed by atoms with E-state index < -0.39 is 0 Å². The number of aromatic nitrogens is 3. The van der Waals surface area contributed by atoms with Gasteiger partial charge in [-0.1, -0.05) is 6.07 Å². The molecule has 0 saturated heterocycles. The molecule has 1 aromatic carbocycles. The number of nitrogens with zero attached hydrogens (tertiary/aromatic N) is 3. The zero-order valence-corrected chi connectivity index (χ0v) is 12.5. The Morgan fingerprint density at radius 2 is 2.11 bits per heavy atom. The van der Waals surface area contributed by atoms with Gasteiger partial charge in [0.1, 0.15) is 0 Å². The summed E-state index contributed by atoms with van der Waals surface area (Å²) in [5, 5.41) is 5.62. The molecule has 3 aromatic rings. The standard InChI is InChI=1S/C14H15BrN4/c1-9-14(15)13(18(2)17-9)8-19-6-5-10-3-4-11(16)7-12(10)19/h3-7H,8,16H2,1-2H3. The first kappa shape index (κ1) is 12.3. The van der Waals surface area contributed by atoms with Gasteiger partial charge in [0, 0.05) is 18.9 Å². The van der Waals surface area contributed by atoms with Crippen molar-refractivity contribution >= 4 is 32.5 Å². The van der Waals surface area contributed by atoms with E-state index in [0.717, 1.165) is 33.6 Å². The van der Waals surface area contributed by atoms with Crippen LogP contribution in [0.25, 0.3) is 10.9 Å². The van der Waals surface area contributed by atoms with E-state index in [-0.39, 0.29) is 0 Å². The van der Waals surface area contributed by atoms with Crippen molar-refractivity contribution in [2.75, 3.05) is 5.73 Å². The fourth-order valence-corrected chi connectivity index (χ4v) is 2.81. The van der Waals surface area contributed by atoms with E-state index >= 15 is 0 Å². The molecule has 2 N–H and O–H groups in total. The average Bonchev–Trinajstić information content (AvgIpc) is 2.86. The lowest BCUT2D eigenvalue weighted by Gasteiger charge is -2.07. The number of nitrogen functional groups attached to an aromatic ring is 1. The predicted octanol–water partition coefficient (Wildman–Crippen LogP) is 3.08. The first-order valence-corrected chi connectivity index (χ1v) is 6.88. The summed E-state index contributed by atoms with van der Waals surface area (Å²) in [6.45, 7) is 2.77. The minimum absolute atomic E-state index is 0.769. The quantitative estimate of drug-likeness (QED) is 0.738. The lowest BCUT2D eigenvalue weighted by atomic mass is 10.2. The van der Waals surface area contributed by atoms with E-state index in [1.54, 1.807) is 0 Å². The molecule has 5 heteroatoms. The van der Waals surface area contributed by atoms with Crippen LogP contribution in [0.1, 0.15) is 11.4 Å². The van der Waals surface area contributed by atoms with E-state index in [4.69, 9.17) is 5.73 Å². The second-order valence-corrected chi connectivity index (χ2v) is 5.52. The van der Waals surface area contributed by atoms with Gasteiger partial charge in [-0.15, -0.1) is 0 Å². The molecule has 0 unspecified atom stereocenters. The molecular formula is C14H15BrN4. The zero-order valence-electron chi connectivity index (χ0n) is 10.9. The summed E-state index contributed by atoms with van der Waals surface area (Å²) in [6.07, 6.45) is 2.08. The van der Waals surface area contributed by atoms with E-state index in [9.17, 15) is 0 Å². The van der Waals surface area contributed by atoms with Gasteiger partial charge in [0.05, 0.1) is 27.9 Å². The normalized spacial score (nSPS) is 11.3. The van der Waals surface area contributed by atoms with Gasteiger partial charge in [0.25, 0.3) is 0 Å². The van der Waals surface area contributed by atoms with E-state index in [1.165, 1.54) is 5.39 Å². The van der Waals surface area contributed by atoms with Gasteiger partial charge in [-0.05, 0) is 46.4 Å². The van der Waals surface area contributed by atoms with Crippen molar-refractivity contribution in [3.8, 4) is 0 Å². The van der Waals surface area contributed by atoms with Crippen LogP contribution in [0.5, 0.6) is 0 Å². The van der Waals surface area contributed by atoms with Gasteiger partial charge in [0.15, 0.2) is 0 Å². The summed E-state index contributed by atoms with van der Waals surface area (Å²) in [5.41, 5.74) is 9.96. The summed E-state index contributed by atoms with van der Waals surface area (Å²) in [5.74, 6) is 0. The Kier molecular flexibility index (Phi) is 2.86. The van der Waals surface area contributed by atoms with Crippen molar-refractivity contribution in [3.63, 3.8) is 0 Å². The van der Waals surface area contributed by atoms with Crippen LogP contribution < -0.4 is 5.73 Å². The van der Waals surface area contributed by atoms with Gasteiger partial charge >= 0.3 is 0 Å². The van der Waals surface area contributed by atoms with Gasteiger partial charge < -0.3 is 10.3 Å². The number of anilines is 1. The van der Waals surface area contributed by atoms with Gasteiger partial charge in [-0.25, -0.2) is 0 Å². The van der Waals surface area contributed by atoms with Crippen LogP contribution in [-0.2, 0) is 13.6 Å². The van der Waals surface area contributed by atoms with Crippen molar-refractivity contribution in [1.29, 1.82) is 0 Å². The van der Waals surface area contributed by atoms with Crippen LogP contribution >= 0.6 is 15.9 Å². The van der Waals surface area contributed by atoms with Crippen LogP contribution in [-0.4, -0.2) is 14.3 Å². The highest BCUT2D eigenvalue weighted by atomic mass is 79.9. The molecule has 0 spiro atoms. The molecule has 0 bridgehead atoms. The Bertz CT molecular complexity index is 754. The molecule has 0 radical (unpaired) electrons. The molecule has 98 valence electrons. The van der Waals surface area contributed by atoms with Gasteiger partial charge in [-0.3, -0.25) is 4.68 Å². The van der Waals surface area contributed by atoms with E-state index in [1.807, 2.05) is 36.9 Å². The molecule has 0 fully saturated rings. The monoisotopic (exact) mass is 318 g/mol. The number of rotatable bonds is 2. The molecule has 0 aliphatic carbocycles. The largest absolute Gasteiger partial charge is 0.399 e. The molecular weight excluding hydrogens is 304 g/mol. The summed E-state index contributed by atoms with van der Waals surface area (Å²) in [6, 6.07) is 8.08. The number of benzene rings is 1. The first-order valence-electron chi connectivity index (χ1n) is 6.08. The SMILES string of the molecule is Cc1nn(C)c(Cn2ccc3ccc(N)cc32)c1Br. The molecule has 0 aliphatic rings. The summed E-state index contributed by atoms with van der Waals surface area (Å²) in [7, 11) is 1.97. The van der Waals surface area contributed by atoms with Crippen molar-refractivity contribution < 1.29 is 0 Å². The van der Waals surface area contributed by atoms with Crippen molar-refractivity contribution in [2.24, 2.45) is 7.05 Å². The summed E-state index contributed by atoms with van der Waals surface area (Å²) < 4.78 is 5.17. The Labute approximate surface area is 119 Å². The van der Waals surface area contributed by atoms with Crippen LogP contribution in [0.2, 0.25) is 0 Å². The second-order valence-electron chi connectivity index (χ2n) is 4.73. The lowest BCUT2D eigenvalue weighted by molar-refractivity contribution is 0.672. The molecule has 2 aromatic heterocycles. The van der Waals surface area contributed by atoms with Crippen LogP contribution in [0.3, 0.4) is 0 Å². The van der Waals surface area contributed by atoms with Crippen LogP contribution in [0.4, 0.5) is 5.69 Å². The Morgan fingerprint density at radius 1 is 1.32 bits per heavy atom. The fourth-order valence-electron chi connectivity index (χ4n) is 2.35. The Hall–Kier alpha value is -1.75. The van der Waals surface area contributed by atoms with Gasteiger partial charge in [0.2, 0.25) is 0 Å². The number of hydrogen-bond donors (Lipinski definition) is 1. The second kappa shape index (κ2) is 4.42. The van der Waals surface area contributed by atoms with Gasteiger partial charge in [-0.2, -0.15) is 5.10 Å². The van der Waals surface area contributed by atoms with Crippen molar-refractivity contribution in [1.82, 2.24) is 14.3 Å². The summed E-state index contributed by atoms with van der Waals surface area (Å²) >= 11 is 3.60. The topological polar surface area (TPSA) is 48.8 Å². The van der Waals surface area contributed by atoms with E-state index in [2.05, 4.69) is 37.9 Å². The number of halogens is 1. The number of nitrogens with two attached hydrogens (primary N) is 1. The average molecular weight is 319 g/mol. The minimum atomic E-state index is 0.769. The third kappa shape index (κ3) is 2.04. The smallest absolute Gasteiger partial charge is 0.0739 e. The molecule has 4 nitrogen and oxygen atoms in total. The first-order chi connectivity index (χ1) is 9.06. The number of aryl methyl sites for hydroxylation is 2. The highest BCUT2D eigenvalue weighted by molar-refractivity contribution is 9.10. The molecule has 0 atom stereocenters. The fraction of sp³-hybridized carbons (Fsp3) is 0.214. The zero-order chi connectivity index (χ0) is 13.6. The highest BCUT2D eigenvalue weighted by Gasteiger charge is 2.12. The third-order valence-electron chi connectivity index (χ3n) is 3.38. The van der Waals surface area contributed by atoms with Crippen LogP contribution in [0.15, 0.2) is 34.9 Å².